The number of hydrogen-bond acceptors (Lipinski definition) is 4. The van der Waals surface area contributed by atoms with Crippen LogP contribution in [-0.2, 0) is 5.54 Å². The molecule has 3 rings (SSSR count). The van der Waals surface area contributed by atoms with Crippen molar-refractivity contribution >= 4 is 11.6 Å². The van der Waals surface area contributed by atoms with E-state index in [1.807, 2.05) is 75.6 Å². The SMILES string of the molecule is CN(C)c1cccc(C(=O)N2CC[C@@](c3ccccc3)(N(C)C)[C@H](O)C2)c1. The average molecular weight is 367 g/mol. The maximum Gasteiger partial charge on any atom is 0.254 e. The van der Waals surface area contributed by atoms with E-state index in [0.29, 0.717) is 25.1 Å². The summed E-state index contributed by atoms with van der Waals surface area (Å²) in [7, 11) is 7.90. The summed E-state index contributed by atoms with van der Waals surface area (Å²) in [6.07, 6.45) is 0.0224. The number of piperidine rings is 1. The molecule has 1 amide bonds. The molecular weight excluding hydrogens is 338 g/mol. The highest BCUT2D eigenvalue weighted by Gasteiger charge is 2.46. The Bertz CT molecular complexity index is 791. The van der Waals surface area contributed by atoms with Crippen LogP contribution in [0.25, 0.3) is 0 Å². The third kappa shape index (κ3) is 3.57. The summed E-state index contributed by atoms with van der Waals surface area (Å²) in [5, 5.41) is 11.1. The number of amides is 1. The highest BCUT2D eigenvalue weighted by Crippen LogP contribution is 2.38. The number of nitrogens with zero attached hydrogens (tertiary/aromatic N) is 3. The highest BCUT2D eigenvalue weighted by molar-refractivity contribution is 5.95. The molecule has 1 aliphatic rings. The van der Waals surface area contributed by atoms with Gasteiger partial charge in [0.25, 0.3) is 5.91 Å². The molecule has 1 saturated heterocycles. The summed E-state index contributed by atoms with van der Waals surface area (Å²) < 4.78 is 0. The minimum atomic E-state index is -0.662. The predicted octanol–water partition coefficient (Wildman–Crippen LogP) is 2.42. The first-order valence-electron chi connectivity index (χ1n) is 9.34. The van der Waals surface area contributed by atoms with Gasteiger partial charge < -0.3 is 14.9 Å². The van der Waals surface area contributed by atoms with Crippen LogP contribution in [0, 0.1) is 0 Å². The van der Waals surface area contributed by atoms with E-state index in [1.54, 1.807) is 4.90 Å². The fourth-order valence-electron chi connectivity index (χ4n) is 4.05. The van der Waals surface area contributed by atoms with Gasteiger partial charge in [-0.25, -0.2) is 0 Å². The number of rotatable bonds is 4. The van der Waals surface area contributed by atoms with Gasteiger partial charge in [-0.05, 0) is 44.3 Å². The van der Waals surface area contributed by atoms with Gasteiger partial charge in [-0.3, -0.25) is 9.69 Å². The molecule has 27 heavy (non-hydrogen) atoms. The van der Waals surface area contributed by atoms with Crippen molar-refractivity contribution < 1.29 is 9.90 Å². The van der Waals surface area contributed by atoms with Gasteiger partial charge >= 0.3 is 0 Å². The zero-order valence-electron chi connectivity index (χ0n) is 16.6. The first-order valence-corrected chi connectivity index (χ1v) is 9.34. The maximum atomic E-state index is 13.0. The highest BCUT2D eigenvalue weighted by atomic mass is 16.3. The van der Waals surface area contributed by atoms with E-state index < -0.39 is 11.6 Å². The van der Waals surface area contributed by atoms with Crippen molar-refractivity contribution in [2.75, 3.05) is 46.2 Å². The number of benzene rings is 2. The molecule has 1 aliphatic heterocycles. The summed E-state index contributed by atoms with van der Waals surface area (Å²) in [4.78, 5) is 18.9. The molecule has 144 valence electrons. The van der Waals surface area contributed by atoms with E-state index in [9.17, 15) is 9.90 Å². The minimum absolute atomic E-state index is 0.0295. The van der Waals surface area contributed by atoms with E-state index in [0.717, 1.165) is 11.3 Å². The molecule has 0 spiro atoms. The lowest BCUT2D eigenvalue weighted by molar-refractivity contribution is -0.0612. The summed E-state index contributed by atoms with van der Waals surface area (Å²) >= 11 is 0. The Morgan fingerprint density at radius 2 is 1.78 bits per heavy atom. The van der Waals surface area contributed by atoms with E-state index in [2.05, 4.69) is 17.0 Å². The zero-order valence-corrected chi connectivity index (χ0v) is 16.6. The van der Waals surface area contributed by atoms with Crippen molar-refractivity contribution in [1.29, 1.82) is 0 Å². The van der Waals surface area contributed by atoms with Gasteiger partial charge in [-0.15, -0.1) is 0 Å². The molecule has 1 N–H and O–H groups in total. The van der Waals surface area contributed by atoms with Crippen molar-refractivity contribution in [1.82, 2.24) is 9.80 Å². The van der Waals surface area contributed by atoms with Crippen LogP contribution in [0.15, 0.2) is 54.6 Å². The Morgan fingerprint density at radius 1 is 1.07 bits per heavy atom. The Balaban J connectivity index is 1.84. The second kappa shape index (κ2) is 7.71. The van der Waals surface area contributed by atoms with Gasteiger partial charge in [0.1, 0.15) is 0 Å². The number of anilines is 1. The number of carbonyl (C=O) groups excluding carboxylic acids is 1. The Hall–Kier alpha value is -2.37. The van der Waals surface area contributed by atoms with Crippen LogP contribution >= 0.6 is 0 Å². The predicted molar refractivity (Wildman–Crippen MR) is 109 cm³/mol. The van der Waals surface area contributed by atoms with E-state index in [1.165, 1.54) is 0 Å². The molecule has 1 heterocycles. The average Bonchev–Trinajstić information content (AvgIpc) is 2.68. The largest absolute Gasteiger partial charge is 0.389 e. The Labute approximate surface area is 161 Å². The summed E-state index contributed by atoms with van der Waals surface area (Å²) in [6.45, 7) is 0.924. The molecule has 0 bridgehead atoms. The zero-order chi connectivity index (χ0) is 19.6. The molecule has 0 saturated carbocycles. The van der Waals surface area contributed by atoms with Gasteiger partial charge in [0.2, 0.25) is 0 Å². The molecule has 5 heteroatoms. The molecule has 0 aliphatic carbocycles. The van der Waals surface area contributed by atoms with Gasteiger partial charge in [0, 0.05) is 38.4 Å². The number of likely N-dealkylation sites (tertiary alicyclic amines) is 1. The first-order chi connectivity index (χ1) is 12.9. The quantitative estimate of drug-likeness (QED) is 0.902. The van der Waals surface area contributed by atoms with E-state index >= 15 is 0 Å². The number of β-amino-alcohol motifs (C(OH)–C–C–N with tert-alkyl or cyclic N) is 1. The number of hydrogen-bond donors (Lipinski definition) is 1. The van der Waals surface area contributed by atoms with Crippen LogP contribution in [0.4, 0.5) is 5.69 Å². The molecule has 0 radical (unpaired) electrons. The number of carbonyl (C=O) groups is 1. The van der Waals surface area contributed by atoms with Crippen molar-refractivity contribution in [2.24, 2.45) is 0 Å². The van der Waals surface area contributed by atoms with Gasteiger partial charge in [0.05, 0.1) is 11.6 Å². The van der Waals surface area contributed by atoms with Gasteiger partial charge in [-0.1, -0.05) is 36.4 Å². The molecule has 2 atom stereocenters. The lowest BCUT2D eigenvalue weighted by Crippen LogP contribution is -2.60. The molecule has 0 aromatic heterocycles. The summed E-state index contributed by atoms with van der Waals surface area (Å²) in [6, 6.07) is 17.7. The first kappa shape index (κ1) is 19.4. The molecule has 2 aromatic carbocycles. The molecular formula is C22H29N3O2. The fraction of sp³-hybridized carbons (Fsp3) is 0.409. The summed E-state index contributed by atoms with van der Waals surface area (Å²) in [5.74, 6) is -0.0295. The smallest absolute Gasteiger partial charge is 0.254 e. The van der Waals surface area contributed by atoms with Crippen LogP contribution in [0.3, 0.4) is 0 Å². The molecule has 0 unspecified atom stereocenters. The normalized spacial score (nSPS) is 22.7. The Kier molecular flexibility index (Phi) is 5.53. The third-order valence-electron chi connectivity index (χ3n) is 5.68. The van der Waals surface area contributed by atoms with Crippen molar-refractivity contribution in [2.45, 2.75) is 18.1 Å². The van der Waals surface area contributed by atoms with Crippen LogP contribution in [0.2, 0.25) is 0 Å². The van der Waals surface area contributed by atoms with Crippen molar-refractivity contribution in [3.8, 4) is 0 Å². The molecule has 2 aromatic rings. The maximum absolute atomic E-state index is 13.0. The van der Waals surface area contributed by atoms with Crippen molar-refractivity contribution in [3.05, 3.63) is 65.7 Å². The number of aliphatic hydroxyl groups excluding tert-OH is 1. The number of aliphatic hydroxyl groups is 1. The van der Waals surface area contributed by atoms with Crippen LogP contribution < -0.4 is 4.90 Å². The van der Waals surface area contributed by atoms with Crippen LogP contribution in [0.1, 0.15) is 22.3 Å². The second-order valence-electron chi connectivity index (χ2n) is 7.65. The van der Waals surface area contributed by atoms with Crippen LogP contribution in [0.5, 0.6) is 0 Å². The van der Waals surface area contributed by atoms with E-state index in [4.69, 9.17) is 0 Å². The van der Waals surface area contributed by atoms with Gasteiger partial charge in [-0.2, -0.15) is 0 Å². The lowest BCUT2D eigenvalue weighted by Gasteiger charge is -2.49. The van der Waals surface area contributed by atoms with E-state index in [-0.39, 0.29) is 5.91 Å². The van der Waals surface area contributed by atoms with Crippen LogP contribution in [-0.4, -0.2) is 68.2 Å². The third-order valence-corrected chi connectivity index (χ3v) is 5.68. The molecule has 5 nitrogen and oxygen atoms in total. The number of likely N-dealkylation sites (N-methyl/N-ethyl adjacent to an activating group) is 1. The second-order valence-corrected chi connectivity index (χ2v) is 7.65. The topological polar surface area (TPSA) is 47.0 Å². The standard InChI is InChI=1S/C22H29N3O2/c1-23(2)19-12-8-9-17(15-19)21(27)25-14-13-22(24(3)4,20(26)16-25)18-10-6-5-7-11-18/h5-12,15,20,26H,13-14,16H2,1-4H3/t20-,22+/m1/s1. The lowest BCUT2D eigenvalue weighted by atomic mass is 9.77. The fourth-order valence-corrected chi connectivity index (χ4v) is 4.05. The van der Waals surface area contributed by atoms with Crippen molar-refractivity contribution in [3.63, 3.8) is 0 Å². The Morgan fingerprint density at radius 3 is 2.37 bits per heavy atom. The minimum Gasteiger partial charge on any atom is -0.389 e. The summed E-state index contributed by atoms with van der Waals surface area (Å²) in [5.41, 5.74) is 2.25. The monoisotopic (exact) mass is 367 g/mol. The molecule has 1 fully saturated rings. The van der Waals surface area contributed by atoms with Gasteiger partial charge in [0.15, 0.2) is 0 Å².